The van der Waals surface area contributed by atoms with E-state index in [1.807, 2.05) is 12.3 Å². The van der Waals surface area contributed by atoms with Crippen molar-refractivity contribution in [3.63, 3.8) is 0 Å². The summed E-state index contributed by atoms with van der Waals surface area (Å²) in [5.74, 6) is 2.13. The molecule has 1 saturated heterocycles. The van der Waals surface area contributed by atoms with Crippen molar-refractivity contribution in [1.82, 2.24) is 15.0 Å². The zero-order valence-electron chi connectivity index (χ0n) is 13.9. The second-order valence-electron chi connectivity index (χ2n) is 6.11. The molecular formula is C17H19N5O2S. The van der Waals surface area contributed by atoms with Crippen LogP contribution in [0.3, 0.4) is 0 Å². The second kappa shape index (κ2) is 6.81. The Balaban J connectivity index is 1.34. The summed E-state index contributed by atoms with van der Waals surface area (Å²) in [5.41, 5.74) is 0. The molecule has 1 N–H and O–H groups in total. The van der Waals surface area contributed by atoms with Gasteiger partial charge in [0.1, 0.15) is 11.6 Å². The predicted octanol–water partition coefficient (Wildman–Crippen LogP) is 2.35. The monoisotopic (exact) mass is 357 g/mol. The van der Waals surface area contributed by atoms with Crippen LogP contribution in [0.25, 0.3) is 10.1 Å². The molecule has 8 heteroatoms. The van der Waals surface area contributed by atoms with Crippen LogP contribution in [0.1, 0.15) is 5.76 Å². The molecule has 0 radical (unpaired) electrons. The molecule has 4 heterocycles. The van der Waals surface area contributed by atoms with Gasteiger partial charge in [0.2, 0.25) is 5.91 Å². The number of aromatic nitrogens is 2. The van der Waals surface area contributed by atoms with Crippen molar-refractivity contribution in [1.29, 1.82) is 0 Å². The Morgan fingerprint density at radius 3 is 2.92 bits per heavy atom. The highest BCUT2D eigenvalue weighted by molar-refractivity contribution is 7.17. The molecule has 0 unspecified atom stereocenters. The first-order valence-electron chi connectivity index (χ1n) is 8.22. The molecule has 3 aromatic rings. The van der Waals surface area contributed by atoms with Gasteiger partial charge in [-0.25, -0.2) is 4.98 Å². The van der Waals surface area contributed by atoms with Crippen LogP contribution in [0.5, 0.6) is 0 Å². The summed E-state index contributed by atoms with van der Waals surface area (Å²) < 4.78 is 6.19. The number of hydrogen-bond acceptors (Lipinski definition) is 7. The number of carbonyl (C=O) groups excluding carboxylic acids is 1. The molecule has 0 saturated carbocycles. The van der Waals surface area contributed by atoms with E-state index in [1.54, 1.807) is 24.3 Å². The van der Waals surface area contributed by atoms with E-state index in [1.165, 1.54) is 10.1 Å². The number of amides is 1. The summed E-state index contributed by atoms with van der Waals surface area (Å²) in [5, 5.41) is 9.88. The van der Waals surface area contributed by atoms with Gasteiger partial charge in [0.25, 0.3) is 0 Å². The molecule has 4 rings (SSSR count). The largest absolute Gasteiger partial charge is 0.360 e. The van der Waals surface area contributed by atoms with Crippen LogP contribution < -0.4 is 10.2 Å². The van der Waals surface area contributed by atoms with Crippen LogP contribution in [-0.2, 0) is 4.79 Å². The number of hydrogen-bond donors (Lipinski definition) is 1. The summed E-state index contributed by atoms with van der Waals surface area (Å²) in [6, 6.07) is 5.88. The molecule has 1 aliphatic rings. The molecule has 1 fully saturated rings. The third kappa shape index (κ3) is 3.49. The third-order valence-corrected chi connectivity index (χ3v) is 5.21. The lowest BCUT2D eigenvalue weighted by atomic mass is 10.2. The number of aryl methyl sites for hydroxylation is 1. The first-order valence-corrected chi connectivity index (χ1v) is 9.10. The minimum Gasteiger partial charge on any atom is -0.360 e. The molecule has 3 aromatic heterocycles. The topological polar surface area (TPSA) is 74.5 Å². The minimum absolute atomic E-state index is 0.0692. The summed E-state index contributed by atoms with van der Waals surface area (Å²) in [4.78, 5) is 21.1. The van der Waals surface area contributed by atoms with Crippen molar-refractivity contribution in [2.24, 2.45) is 0 Å². The predicted molar refractivity (Wildman–Crippen MR) is 98.1 cm³/mol. The Labute approximate surface area is 149 Å². The van der Waals surface area contributed by atoms with Crippen molar-refractivity contribution in [3.05, 3.63) is 35.5 Å². The molecule has 25 heavy (non-hydrogen) atoms. The van der Waals surface area contributed by atoms with Gasteiger partial charge in [0.05, 0.1) is 11.2 Å². The van der Waals surface area contributed by atoms with Gasteiger partial charge < -0.3 is 14.7 Å². The highest BCUT2D eigenvalue weighted by Crippen LogP contribution is 2.29. The number of fused-ring (bicyclic) bond motifs is 1. The van der Waals surface area contributed by atoms with Gasteiger partial charge in [-0.3, -0.25) is 9.69 Å². The van der Waals surface area contributed by atoms with E-state index in [9.17, 15) is 4.79 Å². The molecule has 0 aliphatic carbocycles. The fourth-order valence-electron chi connectivity index (χ4n) is 3.03. The zero-order chi connectivity index (χ0) is 17.2. The maximum absolute atomic E-state index is 12.1. The van der Waals surface area contributed by atoms with Gasteiger partial charge in [0.15, 0.2) is 5.82 Å². The van der Waals surface area contributed by atoms with Crippen LogP contribution in [0.4, 0.5) is 11.6 Å². The van der Waals surface area contributed by atoms with E-state index in [0.29, 0.717) is 18.1 Å². The average molecular weight is 357 g/mol. The van der Waals surface area contributed by atoms with Gasteiger partial charge in [0, 0.05) is 38.4 Å². The number of anilines is 2. The van der Waals surface area contributed by atoms with Crippen LogP contribution in [-0.4, -0.2) is 53.7 Å². The highest BCUT2D eigenvalue weighted by Gasteiger charge is 2.21. The van der Waals surface area contributed by atoms with Gasteiger partial charge in [-0.2, -0.15) is 0 Å². The Morgan fingerprint density at radius 1 is 1.32 bits per heavy atom. The standard InChI is InChI=1S/C17H19N5O2S/c1-12-10-14(20-24-12)19-15(23)11-21-5-7-22(8-6-21)17-16-13(2-4-18-17)3-9-25-16/h2-4,9-10H,5-8,11H2,1H3,(H,19,20,23). The molecule has 1 aliphatic heterocycles. The molecule has 0 bridgehead atoms. The van der Waals surface area contributed by atoms with E-state index < -0.39 is 0 Å². The minimum atomic E-state index is -0.0692. The van der Waals surface area contributed by atoms with E-state index in [4.69, 9.17) is 4.52 Å². The van der Waals surface area contributed by atoms with E-state index in [2.05, 4.69) is 36.7 Å². The number of rotatable bonds is 4. The van der Waals surface area contributed by atoms with E-state index >= 15 is 0 Å². The number of nitrogens with one attached hydrogen (secondary N) is 1. The number of carbonyl (C=O) groups is 1. The number of piperazine rings is 1. The molecular weight excluding hydrogens is 338 g/mol. The Kier molecular flexibility index (Phi) is 4.37. The summed E-state index contributed by atoms with van der Waals surface area (Å²) in [6.07, 6.45) is 1.87. The summed E-state index contributed by atoms with van der Waals surface area (Å²) in [6.45, 7) is 5.53. The molecule has 0 spiro atoms. The van der Waals surface area contributed by atoms with Crippen LogP contribution in [0, 0.1) is 6.92 Å². The van der Waals surface area contributed by atoms with Crippen molar-refractivity contribution in [2.45, 2.75) is 6.92 Å². The SMILES string of the molecule is Cc1cc(NC(=O)CN2CCN(c3nccc4ccsc34)CC2)no1. The summed E-state index contributed by atoms with van der Waals surface area (Å²) in [7, 11) is 0. The fraction of sp³-hybridized carbons (Fsp3) is 0.353. The lowest BCUT2D eigenvalue weighted by Gasteiger charge is -2.35. The van der Waals surface area contributed by atoms with Crippen LogP contribution in [0.2, 0.25) is 0 Å². The molecule has 7 nitrogen and oxygen atoms in total. The molecule has 1 amide bonds. The quantitative estimate of drug-likeness (QED) is 0.773. The maximum Gasteiger partial charge on any atom is 0.239 e. The van der Waals surface area contributed by atoms with Crippen molar-refractivity contribution in [2.75, 3.05) is 42.9 Å². The van der Waals surface area contributed by atoms with Gasteiger partial charge in [-0.05, 0) is 29.8 Å². The van der Waals surface area contributed by atoms with Gasteiger partial charge >= 0.3 is 0 Å². The van der Waals surface area contributed by atoms with E-state index in [-0.39, 0.29) is 5.91 Å². The maximum atomic E-state index is 12.1. The average Bonchev–Trinajstić information content (AvgIpc) is 3.24. The van der Waals surface area contributed by atoms with Gasteiger partial charge in [-0.15, -0.1) is 11.3 Å². The smallest absolute Gasteiger partial charge is 0.239 e. The van der Waals surface area contributed by atoms with Crippen molar-refractivity contribution in [3.8, 4) is 0 Å². The first kappa shape index (κ1) is 16.0. The third-order valence-electron chi connectivity index (χ3n) is 4.28. The van der Waals surface area contributed by atoms with E-state index in [0.717, 1.165) is 32.0 Å². The Hall–Kier alpha value is -2.45. The van der Waals surface area contributed by atoms with Crippen molar-refractivity contribution >= 4 is 39.0 Å². The number of pyridine rings is 1. The molecule has 0 atom stereocenters. The normalized spacial score (nSPS) is 15.6. The zero-order valence-corrected chi connectivity index (χ0v) is 14.8. The van der Waals surface area contributed by atoms with Crippen LogP contribution in [0.15, 0.2) is 34.3 Å². The number of nitrogens with zero attached hydrogens (tertiary/aromatic N) is 4. The Bertz CT molecular complexity index is 882. The van der Waals surface area contributed by atoms with Crippen molar-refractivity contribution < 1.29 is 9.32 Å². The summed E-state index contributed by atoms with van der Waals surface area (Å²) >= 11 is 1.72. The van der Waals surface area contributed by atoms with Crippen LogP contribution >= 0.6 is 11.3 Å². The fourth-order valence-corrected chi connectivity index (χ4v) is 3.94. The lowest BCUT2D eigenvalue weighted by Crippen LogP contribution is -2.49. The second-order valence-corrected chi connectivity index (χ2v) is 7.02. The molecule has 130 valence electrons. The first-order chi connectivity index (χ1) is 12.2. The Morgan fingerprint density at radius 2 is 2.16 bits per heavy atom. The van der Waals surface area contributed by atoms with Gasteiger partial charge in [-0.1, -0.05) is 5.16 Å². The highest BCUT2D eigenvalue weighted by atomic mass is 32.1. The molecule has 0 aromatic carbocycles. The number of thiophene rings is 1. The lowest BCUT2D eigenvalue weighted by molar-refractivity contribution is -0.117.